The average molecular weight is 368 g/mol. The van der Waals surface area contributed by atoms with Crippen LogP contribution in [0.25, 0.3) is 0 Å². The van der Waals surface area contributed by atoms with Gasteiger partial charge in [0.05, 0.1) is 12.2 Å². The molecule has 2 rings (SSSR count). The van der Waals surface area contributed by atoms with E-state index in [-0.39, 0.29) is 5.56 Å². The number of carbonyl (C=O) groups excluding carboxylic acids is 3. The van der Waals surface area contributed by atoms with Crippen molar-refractivity contribution >= 4 is 17.9 Å². The minimum absolute atomic E-state index is 0.216. The zero-order valence-corrected chi connectivity index (χ0v) is 14.2. The Kier molecular flexibility index (Phi) is 6.67. The zero-order valence-electron chi connectivity index (χ0n) is 14.2. The van der Waals surface area contributed by atoms with Gasteiger partial charge in [0.15, 0.2) is 6.10 Å². The minimum atomic E-state index is -1.49. The van der Waals surface area contributed by atoms with Crippen LogP contribution >= 0.6 is 0 Å². The highest BCUT2D eigenvalue weighted by Gasteiger charge is 2.51. The maximum atomic E-state index is 12.3. The molecular formula is C17H20O9. The van der Waals surface area contributed by atoms with Crippen LogP contribution < -0.4 is 0 Å². The van der Waals surface area contributed by atoms with E-state index in [1.54, 1.807) is 18.2 Å². The van der Waals surface area contributed by atoms with Crippen molar-refractivity contribution in [3.8, 4) is 0 Å². The molecule has 9 nitrogen and oxygen atoms in total. The van der Waals surface area contributed by atoms with E-state index in [2.05, 4.69) is 0 Å². The predicted molar refractivity (Wildman–Crippen MR) is 84.7 cm³/mol. The lowest BCUT2D eigenvalue weighted by molar-refractivity contribution is -0.291. The van der Waals surface area contributed by atoms with E-state index in [1.807, 2.05) is 0 Å². The monoisotopic (exact) mass is 368 g/mol. The fourth-order valence-electron chi connectivity index (χ4n) is 2.53. The van der Waals surface area contributed by atoms with E-state index >= 15 is 0 Å². The standard InChI is InChI=1S/C17H20O9/c1-9(19)23-14-13(21)12(8-18)25-17(15(14)24-10(2)20)26-16(22)11-6-4-3-5-7-11/h3-7,12-15,17-18,21H,8H2,1-2H3/t12-,13-,14+,15-,17+/m1/s1. The van der Waals surface area contributed by atoms with Crippen molar-refractivity contribution in [1.82, 2.24) is 0 Å². The number of aliphatic hydroxyl groups excluding tert-OH is 2. The third kappa shape index (κ3) is 4.78. The topological polar surface area (TPSA) is 129 Å². The first-order valence-electron chi connectivity index (χ1n) is 7.88. The van der Waals surface area contributed by atoms with Crippen LogP contribution in [-0.2, 0) is 28.5 Å². The lowest BCUT2D eigenvalue weighted by atomic mass is 9.98. The molecule has 5 atom stereocenters. The molecule has 0 radical (unpaired) electrons. The van der Waals surface area contributed by atoms with E-state index in [1.165, 1.54) is 12.1 Å². The summed E-state index contributed by atoms with van der Waals surface area (Å²) in [6, 6.07) is 7.99. The fourth-order valence-corrected chi connectivity index (χ4v) is 2.53. The van der Waals surface area contributed by atoms with Gasteiger partial charge >= 0.3 is 17.9 Å². The van der Waals surface area contributed by atoms with Crippen LogP contribution in [0.4, 0.5) is 0 Å². The smallest absolute Gasteiger partial charge is 0.340 e. The molecule has 1 aliphatic rings. The third-order valence-corrected chi connectivity index (χ3v) is 3.64. The molecule has 1 fully saturated rings. The summed E-state index contributed by atoms with van der Waals surface area (Å²) in [6.45, 7) is 1.57. The van der Waals surface area contributed by atoms with Gasteiger partial charge in [0.2, 0.25) is 12.4 Å². The summed E-state index contributed by atoms with van der Waals surface area (Å²) in [5.74, 6) is -2.29. The summed E-state index contributed by atoms with van der Waals surface area (Å²) in [5.41, 5.74) is 0.216. The van der Waals surface area contributed by atoms with Crippen LogP contribution in [0.1, 0.15) is 24.2 Å². The van der Waals surface area contributed by atoms with E-state index in [4.69, 9.17) is 18.9 Å². The summed E-state index contributed by atoms with van der Waals surface area (Å²) >= 11 is 0. The minimum Gasteiger partial charge on any atom is -0.455 e. The highest BCUT2D eigenvalue weighted by molar-refractivity contribution is 5.89. The molecule has 0 unspecified atom stereocenters. The normalized spacial score (nSPS) is 28.1. The Hall–Kier alpha value is -2.49. The van der Waals surface area contributed by atoms with Crippen LogP contribution in [-0.4, -0.2) is 65.4 Å². The Morgan fingerprint density at radius 1 is 1.00 bits per heavy atom. The fraction of sp³-hybridized carbons (Fsp3) is 0.471. The van der Waals surface area contributed by atoms with Crippen LogP contribution in [0.3, 0.4) is 0 Å². The largest absolute Gasteiger partial charge is 0.455 e. The Balaban J connectivity index is 2.27. The number of hydrogen-bond acceptors (Lipinski definition) is 9. The van der Waals surface area contributed by atoms with Gasteiger partial charge in [0, 0.05) is 13.8 Å². The summed E-state index contributed by atoms with van der Waals surface area (Å²) < 4.78 is 20.7. The van der Waals surface area contributed by atoms with Crippen LogP contribution in [0.5, 0.6) is 0 Å². The maximum absolute atomic E-state index is 12.3. The first-order valence-corrected chi connectivity index (χ1v) is 7.88. The molecule has 1 aliphatic heterocycles. The van der Waals surface area contributed by atoms with E-state index in [9.17, 15) is 24.6 Å². The Labute approximate surface area is 149 Å². The second-order valence-electron chi connectivity index (χ2n) is 5.64. The molecule has 1 heterocycles. The predicted octanol–water partition coefficient (Wildman–Crippen LogP) is -0.215. The number of esters is 3. The number of hydrogen-bond donors (Lipinski definition) is 2. The number of aliphatic hydroxyl groups is 2. The van der Waals surface area contributed by atoms with Gasteiger partial charge in [-0.15, -0.1) is 0 Å². The SMILES string of the molecule is CC(=O)O[C@H]1[C@H](OC(=O)c2ccccc2)O[C@H](CO)[C@@H](O)[C@@H]1OC(C)=O. The van der Waals surface area contributed by atoms with Gasteiger partial charge in [0.25, 0.3) is 0 Å². The highest BCUT2D eigenvalue weighted by atomic mass is 16.7. The molecule has 2 N–H and O–H groups in total. The second kappa shape index (κ2) is 8.75. The summed E-state index contributed by atoms with van der Waals surface area (Å²) in [6.07, 6.45) is -6.96. The first kappa shape index (κ1) is 19.8. The summed E-state index contributed by atoms with van der Waals surface area (Å²) in [4.78, 5) is 35.0. The molecule has 0 spiro atoms. The van der Waals surface area contributed by atoms with Crippen molar-refractivity contribution in [1.29, 1.82) is 0 Å². The Bertz CT molecular complexity index is 645. The summed E-state index contributed by atoms with van der Waals surface area (Å²) in [7, 11) is 0. The van der Waals surface area contributed by atoms with Crippen LogP contribution in [0.2, 0.25) is 0 Å². The highest BCUT2D eigenvalue weighted by Crippen LogP contribution is 2.27. The van der Waals surface area contributed by atoms with Crippen molar-refractivity contribution in [3.63, 3.8) is 0 Å². The lowest BCUT2D eigenvalue weighted by Gasteiger charge is -2.42. The number of benzene rings is 1. The van der Waals surface area contributed by atoms with E-state index in [0.717, 1.165) is 13.8 Å². The van der Waals surface area contributed by atoms with Crippen molar-refractivity contribution in [2.24, 2.45) is 0 Å². The van der Waals surface area contributed by atoms with Crippen LogP contribution in [0.15, 0.2) is 30.3 Å². The zero-order chi connectivity index (χ0) is 19.3. The van der Waals surface area contributed by atoms with Gasteiger partial charge in [-0.25, -0.2) is 4.79 Å². The molecule has 9 heteroatoms. The first-order chi connectivity index (χ1) is 12.3. The van der Waals surface area contributed by atoms with Crippen molar-refractivity contribution in [2.45, 2.75) is 44.6 Å². The van der Waals surface area contributed by atoms with Gasteiger partial charge in [-0.1, -0.05) is 18.2 Å². The van der Waals surface area contributed by atoms with Gasteiger partial charge in [-0.3, -0.25) is 9.59 Å². The molecule has 1 aromatic rings. The Morgan fingerprint density at radius 3 is 2.12 bits per heavy atom. The average Bonchev–Trinajstić information content (AvgIpc) is 2.60. The maximum Gasteiger partial charge on any atom is 0.340 e. The third-order valence-electron chi connectivity index (χ3n) is 3.64. The molecule has 0 aliphatic carbocycles. The van der Waals surface area contributed by atoms with Crippen molar-refractivity contribution in [3.05, 3.63) is 35.9 Å². The van der Waals surface area contributed by atoms with E-state index < -0.39 is 55.2 Å². The van der Waals surface area contributed by atoms with Crippen LogP contribution in [0, 0.1) is 0 Å². The molecule has 0 saturated carbocycles. The molecule has 26 heavy (non-hydrogen) atoms. The molecule has 0 amide bonds. The molecular weight excluding hydrogens is 348 g/mol. The van der Waals surface area contributed by atoms with Gasteiger partial charge in [-0.05, 0) is 12.1 Å². The Morgan fingerprint density at radius 2 is 1.58 bits per heavy atom. The summed E-state index contributed by atoms with van der Waals surface area (Å²) in [5, 5.41) is 19.6. The second-order valence-corrected chi connectivity index (χ2v) is 5.64. The molecule has 0 bridgehead atoms. The molecule has 1 aromatic carbocycles. The molecule has 142 valence electrons. The number of carbonyl (C=O) groups is 3. The van der Waals surface area contributed by atoms with Gasteiger partial charge in [0.1, 0.15) is 12.2 Å². The molecule has 0 aromatic heterocycles. The quantitative estimate of drug-likeness (QED) is 0.535. The van der Waals surface area contributed by atoms with Crippen molar-refractivity contribution < 1.29 is 43.5 Å². The number of rotatable bonds is 5. The van der Waals surface area contributed by atoms with Gasteiger partial charge < -0.3 is 29.2 Å². The molecule has 1 saturated heterocycles. The van der Waals surface area contributed by atoms with Crippen molar-refractivity contribution in [2.75, 3.05) is 6.61 Å². The van der Waals surface area contributed by atoms with E-state index in [0.29, 0.717) is 0 Å². The number of ether oxygens (including phenoxy) is 4. The van der Waals surface area contributed by atoms with Gasteiger partial charge in [-0.2, -0.15) is 0 Å². The lowest BCUT2D eigenvalue weighted by Crippen LogP contribution is -2.61.